The number of benzene rings is 1. The SMILES string of the molecule is COc1ccc(-c2ccncc2NC(=O)C2C=CN=C(NC(=O)C3CC3)C2)c(F)c1. The van der Waals surface area contributed by atoms with Gasteiger partial charge in [0, 0.05) is 41.9 Å². The highest BCUT2D eigenvalue weighted by Crippen LogP contribution is 2.32. The Morgan fingerprint density at radius 1 is 1.13 bits per heavy atom. The smallest absolute Gasteiger partial charge is 0.231 e. The van der Waals surface area contributed by atoms with Crippen LogP contribution in [0.4, 0.5) is 10.1 Å². The van der Waals surface area contributed by atoms with Crippen molar-refractivity contribution < 1.29 is 18.7 Å². The lowest BCUT2D eigenvalue weighted by Crippen LogP contribution is -2.36. The van der Waals surface area contributed by atoms with Crippen LogP contribution in [-0.4, -0.2) is 29.7 Å². The minimum atomic E-state index is -0.509. The molecule has 1 saturated carbocycles. The number of carbonyl (C=O) groups excluding carboxylic acids is 2. The predicted octanol–water partition coefficient (Wildman–Crippen LogP) is 3.29. The highest BCUT2D eigenvalue weighted by Gasteiger charge is 2.31. The number of amidine groups is 1. The molecular formula is C22H21FN4O3. The van der Waals surface area contributed by atoms with Crippen LogP contribution in [0.15, 0.2) is 53.9 Å². The van der Waals surface area contributed by atoms with Gasteiger partial charge < -0.3 is 15.4 Å². The molecule has 4 rings (SSSR count). The van der Waals surface area contributed by atoms with Crippen molar-refractivity contribution in [1.29, 1.82) is 0 Å². The Hall–Kier alpha value is -3.55. The predicted molar refractivity (Wildman–Crippen MR) is 110 cm³/mol. The molecule has 0 bridgehead atoms. The second kappa shape index (κ2) is 8.44. The van der Waals surface area contributed by atoms with Gasteiger partial charge in [-0.25, -0.2) is 9.38 Å². The van der Waals surface area contributed by atoms with Gasteiger partial charge in [0.05, 0.1) is 24.9 Å². The first-order valence-corrected chi connectivity index (χ1v) is 9.68. The van der Waals surface area contributed by atoms with Crippen LogP contribution in [0.25, 0.3) is 11.1 Å². The van der Waals surface area contributed by atoms with Crippen LogP contribution in [-0.2, 0) is 9.59 Å². The number of hydrogen-bond acceptors (Lipinski definition) is 5. The lowest BCUT2D eigenvalue weighted by atomic mass is 10.0. The third kappa shape index (κ3) is 4.37. The number of nitrogens with zero attached hydrogens (tertiary/aromatic N) is 2. The average Bonchev–Trinajstić information content (AvgIpc) is 3.60. The molecule has 2 N–H and O–H groups in total. The normalized spacial score (nSPS) is 17.8. The number of carbonyl (C=O) groups is 2. The fraction of sp³-hybridized carbons (Fsp3) is 0.273. The van der Waals surface area contributed by atoms with Gasteiger partial charge in [0.2, 0.25) is 11.8 Å². The number of aromatic nitrogens is 1. The monoisotopic (exact) mass is 408 g/mol. The number of halogens is 1. The Morgan fingerprint density at radius 3 is 2.70 bits per heavy atom. The van der Waals surface area contributed by atoms with Crippen LogP contribution >= 0.6 is 0 Å². The van der Waals surface area contributed by atoms with E-state index < -0.39 is 11.7 Å². The van der Waals surface area contributed by atoms with E-state index in [0.29, 0.717) is 28.4 Å². The maximum atomic E-state index is 14.6. The van der Waals surface area contributed by atoms with Crippen molar-refractivity contribution >= 4 is 23.3 Å². The van der Waals surface area contributed by atoms with Crippen LogP contribution in [0, 0.1) is 17.7 Å². The lowest BCUT2D eigenvalue weighted by molar-refractivity contribution is -0.121. The molecule has 1 aliphatic carbocycles. The van der Waals surface area contributed by atoms with E-state index in [1.807, 2.05) is 0 Å². The van der Waals surface area contributed by atoms with E-state index in [9.17, 15) is 14.0 Å². The lowest BCUT2D eigenvalue weighted by Gasteiger charge is -2.19. The zero-order valence-electron chi connectivity index (χ0n) is 16.4. The number of hydrogen-bond donors (Lipinski definition) is 2. The Morgan fingerprint density at radius 2 is 1.97 bits per heavy atom. The molecule has 2 aliphatic rings. The van der Waals surface area contributed by atoms with E-state index >= 15 is 0 Å². The zero-order valence-corrected chi connectivity index (χ0v) is 16.4. The molecule has 8 heteroatoms. The summed E-state index contributed by atoms with van der Waals surface area (Å²) >= 11 is 0. The second-order valence-electron chi connectivity index (χ2n) is 7.25. The summed E-state index contributed by atoms with van der Waals surface area (Å²) in [6.45, 7) is 0. The molecule has 1 aromatic carbocycles. The molecule has 1 aliphatic heterocycles. The summed E-state index contributed by atoms with van der Waals surface area (Å²) in [5.41, 5.74) is 1.23. The van der Waals surface area contributed by atoms with Gasteiger partial charge >= 0.3 is 0 Å². The van der Waals surface area contributed by atoms with Gasteiger partial charge in [-0.15, -0.1) is 0 Å². The van der Waals surface area contributed by atoms with Gasteiger partial charge in [0.25, 0.3) is 0 Å². The van der Waals surface area contributed by atoms with Gasteiger partial charge in [-0.3, -0.25) is 14.6 Å². The summed E-state index contributed by atoms with van der Waals surface area (Å²) in [5, 5.41) is 5.62. The summed E-state index contributed by atoms with van der Waals surface area (Å²) in [6, 6.07) is 6.17. The van der Waals surface area contributed by atoms with E-state index in [1.54, 1.807) is 24.3 Å². The molecule has 1 unspecified atom stereocenters. The molecule has 0 spiro atoms. The van der Waals surface area contributed by atoms with Crippen molar-refractivity contribution in [1.82, 2.24) is 10.3 Å². The Bertz CT molecular complexity index is 1050. The van der Waals surface area contributed by atoms with Crippen LogP contribution in [0.1, 0.15) is 19.3 Å². The Labute approximate surface area is 173 Å². The molecule has 2 heterocycles. The number of methoxy groups -OCH3 is 1. The van der Waals surface area contributed by atoms with Crippen molar-refractivity contribution in [3.05, 3.63) is 54.8 Å². The maximum absolute atomic E-state index is 14.6. The Balaban J connectivity index is 1.48. The van der Waals surface area contributed by atoms with E-state index in [4.69, 9.17) is 4.74 Å². The minimum absolute atomic E-state index is 0.0484. The third-order valence-electron chi connectivity index (χ3n) is 5.06. The number of nitrogens with one attached hydrogen (secondary N) is 2. The number of pyridine rings is 1. The van der Waals surface area contributed by atoms with Gasteiger partial charge in [0.1, 0.15) is 17.4 Å². The molecule has 2 aromatic rings. The zero-order chi connectivity index (χ0) is 21.1. The van der Waals surface area contributed by atoms with Gasteiger partial charge in [-0.05, 0) is 31.0 Å². The van der Waals surface area contributed by atoms with Gasteiger partial charge in [-0.2, -0.15) is 0 Å². The summed E-state index contributed by atoms with van der Waals surface area (Å²) < 4.78 is 19.6. The van der Waals surface area contributed by atoms with Crippen molar-refractivity contribution in [2.75, 3.05) is 12.4 Å². The van der Waals surface area contributed by atoms with Gasteiger partial charge in [0.15, 0.2) is 0 Å². The third-order valence-corrected chi connectivity index (χ3v) is 5.06. The summed E-state index contributed by atoms with van der Waals surface area (Å²) in [4.78, 5) is 33.0. The number of aliphatic imine (C=N–C) groups is 1. The number of amides is 2. The largest absolute Gasteiger partial charge is 0.497 e. The van der Waals surface area contributed by atoms with E-state index in [0.717, 1.165) is 12.8 Å². The molecule has 7 nitrogen and oxygen atoms in total. The number of ether oxygens (including phenoxy) is 1. The highest BCUT2D eigenvalue weighted by molar-refractivity contribution is 6.04. The van der Waals surface area contributed by atoms with Crippen LogP contribution in [0.3, 0.4) is 0 Å². The summed E-state index contributed by atoms with van der Waals surface area (Å²) in [6.07, 6.45) is 8.28. The fourth-order valence-corrected chi connectivity index (χ4v) is 3.21. The highest BCUT2D eigenvalue weighted by atomic mass is 19.1. The molecule has 0 radical (unpaired) electrons. The molecular weight excluding hydrogens is 387 g/mol. The minimum Gasteiger partial charge on any atom is -0.497 e. The van der Waals surface area contributed by atoms with Crippen molar-refractivity contribution in [3.8, 4) is 16.9 Å². The van der Waals surface area contributed by atoms with Crippen molar-refractivity contribution in [2.24, 2.45) is 16.8 Å². The Kier molecular flexibility index (Phi) is 5.56. The first-order valence-electron chi connectivity index (χ1n) is 9.68. The molecule has 30 heavy (non-hydrogen) atoms. The molecule has 1 aromatic heterocycles. The van der Waals surface area contributed by atoms with Crippen molar-refractivity contribution in [3.63, 3.8) is 0 Å². The molecule has 2 amide bonds. The second-order valence-corrected chi connectivity index (χ2v) is 7.25. The quantitative estimate of drug-likeness (QED) is 0.794. The van der Waals surface area contributed by atoms with E-state index in [2.05, 4.69) is 20.6 Å². The fourth-order valence-electron chi connectivity index (χ4n) is 3.21. The number of anilines is 1. The van der Waals surface area contributed by atoms with Crippen LogP contribution in [0.5, 0.6) is 5.75 Å². The van der Waals surface area contributed by atoms with Crippen molar-refractivity contribution in [2.45, 2.75) is 19.3 Å². The molecule has 154 valence electrons. The van der Waals surface area contributed by atoms with E-state index in [1.165, 1.54) is 31.8 Å². The summed E-state index contributed by atoms with van der Waals surface area (Å²) in [5.74, 6) is -0.375. The molecule has 1 fully saturated rings. The molecule has 1 atom stereocenters. The maximum Gasteiger partial charge on any atom is 0.231 e. The van der Waals surface area contributed by atoms with Crippen LogP contribution < -0.4 is 15.4 Å². The van der Waals surface area contributed by atoms with Gasteiger partial charge in [-0.1, -0.05) is 6.08 Å². The number of rotatable bonds is 5. The average molecular weight is 408 g/mol. The standard InChI is InChI=1S/C22H21FN4O3/c1-30-15-4-5-16(18(23)11-15)17-7-8-24-12-19(17)26-22(29)14-6-9-25-20(10-14)27-21(28)13-2-3-13/h4-9,11-14H,2-3,10H2,1H3,(H,26,29)(H,25,27,28). The topological polar surface area (TPSA) is 92.7 Å². The first-order chi connectivity index (χ1) is 14.5. The van der Waals surface area contributed by atoms with Crippen LogP contribution in [0.2, 0.25) is 0 Å². The first kappa shape index (κ1) is 19.8. The van der Waals surface area contributed by atoms with E-state index in [-0.39, 0.29) is 24.2 Å². The molecule has 0 saturated heterocycles. The summed E-state index contributed by atoms with van der Waals surface area (Å²) in [7, 11) is 1.47.